The number of rotatable bonds is 6. The van der Waals surface area contributed by atoms with E-state index in [4.69, 9.17) is 9.16 Å². The van der Waals surface area contributed by atoms with Gasteiger partial charge in [0.2, 0.25) is 0 Å². The van der Waals surface area contributed by atoms with E-state index < -0.39 is 26.2 Å². The highest BCUT2D eigenvalue weighted by molar-refractivity contribution is 6.74. The molecule has 1 atom stereocenters. The van der Waals surface area contributed by atoms with Gasteiger partial charge in [0.25, 0.3) is 0 Å². The Morgan fingerprint density at radius 2 is 1.83 bits per heavy atom. The molecular formula is C16H23F3O3Si. The number of ether oxygens (including phenoxy) is 1. The average Bonchev–Trinajstić information content (AvgIpc) is 2.41. The first-order chi connectivity index (χ1) is 10.4. The van der Waals surface area contributed by atoms with E-state index in [1.807, 2.05) is 33.9 Å². The maximum Gasteiger partial charge on any atom is 0.416 e. The SMILES string of the molecule is CC(C)(C)[Si](C)(C)O[C@@H](C=O)COc1cccc(C(F)(F)F)c1. The molecular weight excluding hydrogens is 325 g/mol. The first kappa shape index (κ1) is 19.7. The largest absolute Gasteiger partial charge is 0.490 e. The standard InChI is InChI=1S/C16H23F3O3Si/c1-15(2,3)23(4,5)22-14(10-20)11-21-13-8-6-7-12(9-13)16(17,18)19/h6-10,14H,11H2,1-5H3/t14-/m0/s1. The van der Waals surface area contributed by atoms with Crippen LogP contribution in [-0.4, -0.2) is 27.3 Å². The van der Waals surface area contributed by atoms with Gasteiger partial charge in [-0.15, -0.1) is 0 Å². The van der Waals surface area contributed by atoms with Gasteiger partial charge in [0.05, 0.1) is 5.56 Å². The third kappa shape index (κ3) is 5.66. The second kappa shape index (κ2) is 7.05. The Morgan fingerprint density at radius 1 is 1.22 bits per heavy atom. The Balaban J connectivity index is 2.74. The van der Waals surface area contributed by atoms with Gasteiger partial charge < -0.3 is 14.0 Å². The molecule has 0 spiro atoms. The van der Waals surface area contributed by atoms with Gasteiger partial charge in [-0.05, 0) is 36.3 Å². The van der Waals surface area contributed by atoms with Crippen molar-refractivity contribution in [1.29, 1.82) is 0 Å². The van der Waals surface area contributed by atoms with Gasteiger partial charge in [-0.2, -0.15) is 13.2 Å². The van der Waals surface area contributed by atoms with Crippen LogP contribution in [0, 0.1) is 0 Å². The van der Waals surface area contributed by atoms with Crippen LogP contribution in [0.25, 0.3) is 0 Å². The molecule has 0 aliphatic heterocycles. The van der Waals surface area contributed by atoms with Crippen LogP contribution in [0.15, 0.2) is 24.3 Å². The van der Waals surface area contributed by atoms with Crippen LogP contribution in [0.3, 0.4) is 0 Å². The summed E-state index contributed by atoms with van der Waals surface area (Å²) in [6.07, 6.45) is -4.60. The van der Waals surface area contributed by atoms with Crippen LogP contribution in [0.1, 0.15) is 26.3 Å². The Bertz CT molecular complexity index is 536. The number of hydrogen-bond acceptors (Lipinski definition) is 3. The van der Waals surface area contributed by atoms with Gasteiger partial charge in [0.15, 0.2) is 14.6 Å². The van der Waals surface area contributed by atoms with Gasteiger partial charge in [0, 0.05) is 0 Å². The Hall–Kier alpha value is -1.34. The monoisotopic (exact) mass is 348 g/mol. The topological polar surface area (TPSA) is 35.5 Å². The molecule has 1 aromatic rings. The molecule has 0 unspecified atom stereocenters. The van der Waals surface area contributed by atoms with E-state index in [1.165, 1.54) is 12.1 Å². The highest BCUT2D eigenvalue weighted by atomic mass is 28.4. The predicted molar refractivity (Wildman–Crippen MR) is 85.1 cm³/mol. The predicted octanol–water partition coefficient (Wildman–Crippen LogP) is 4.67. The molecule has 0 aliphatic carbocycles. The van der Waals surface area contributed by atoms with E-state index in [-0.39, 0.29) is 17.4 Å². The molecule has 0 radical (unpaired) electrons. The molecule has 0 saturated heterocycles. The second-order valence-electron chi connectivity index (χ2n) is 6.89. The van der Waals surface area contributed by atoms with Crippen molar-refractivity contribution in [2.24, 2.45) is 0 Å². The smallest absolute Gasteiger partial charge is 0.416 e. The summed E-state index contributed by atoms with van der Waals surface area (Å²) in [5.41, 5.74) is -0.789. The molecule has 3 nitrogen and oxygen atoms in total. The minimum absolute atomic E-state index is 0.0607. The van der Waals surface area contributed by atoms with Crippen LogP contribution in [-0.2, 0) is 15.4 Å². The molecule has 0 aromatic heterocycles. The van der Waals surface area contributed by atoms with Gasteiger partial charge in [0.1, 0.15) is 18.5 Å². The molecule has 0 N–H and O–H groups in total. The fraction of sp³-hybridized carbons (Fsp3) is 0.562. The van der Waals surface area contributed by atoms with Gasteiger partial charge in [-0.25, -0.2) is 0 Å². The van der Waals surface area contributed by atoms with E-state index >= 15 is 0 Å². The number of carbonyl (C=O) groups is 1. The summed E-state index contributed by atoms with van der Waals surface area (Å²) in [6.45, 7) is 9.98. The lowest BCUT2D eigenvalue weighted by molar-refractivity contribution is -0.137. The average molecular weight is 348 g/mol. The number of carbonyl (C=O) groups excluding carboxylic acids is 1. The van der Waals surface area contributed by atoms with Crippen LogP contribution in [0.2, 0.25) is 18.1 Å². The zero-order valence-corrected chi connectivity index (χ0v) is 15.0. The quantitative estimate of drug-likeness (QED) is 0.553. The van der Waals surface area contributed by atoms with Gasteiger partial charge >= 0.3 is 6.18 Å². The minimum Gasteiger partial charge on any atom is -0.490 e. The van der Waals surface area contributed by atoms with E-state index in [2.05, 4.69) is 0 Å². The molecule has 0 fully saturated rings. The number of benzene rings is 1. The lowest BCUT2D eigenvalue weighted by Crippen LogP contribution is -2.45. The van der Waals surface area contributed by atoms with Crippen LogP contribution >= 0.6 is 0 Å². The molecule has 130 valence electrons. The molecule has 1 rings (SSSR count). The summed E-state index contributed by atoms with van der Waals surface area (Å²) in [5, 5.41) is -0.0789. The van der Waals surface area contributed by atoms with E-state index in [9.17, 15) is 18.0 Å². The van der Waals surface area contributed by atoms with Crippen molar-refractivity contribution in [1.82, 2.24) is 0 Å². The van der Waals surface area contributed by atoms with Crippen molar-refractivity contribution >= 4 is 14.6 Å². The molecule has 0 amide bonds. The number of alkyl halides is 3. The molecule has 0 heterocycles. The number of halogens is 3. The number of hydrogen-bond donors (Lipinski definition) is 0. The molecule has 7 heteroatoms. The first-order valence-corrected chi connectivity index (χ1v) is 10.2. The first-order valence-electron chi connectivity index (χ1n) is 7.30. The lowest BCUT2D eigenvalue weighted by Gasteiger charge is -2.37. The highest BCUT2D eigenvalue weighted by Gasteiger charge is 2.39. The summed E-state index contributed by atoms with van der Waals surface area (Å²) in [5.74, 6) is 0.0607. The fourth-order valence-electron chi connectivity index (χ4n) is 1.60. The molecule has 0 bridgehead atoms. The second-order valence-corrected chi connectivity index (χ2v) is 11.6. The maximum absolute atomic E-state index is 12.7. The van der Waals surface area contributed by atoms with Crippen molar-refractivity contribution in [3.05, 3.63) is 29.8 Å². The third-order valence-corrected chi connectivity index (χ3v) is 8.48. The maximum atomic E-state index is 12.7. The molecule has 0 aliphatic rings. The van der Waals surface area contributed by atoms with Crippen molar-refractivity contribution in [2.75, 3.05) is 6.61 Å². The van der Waals surface area contributed by atoms with E-state index in [0.717, 1.165) is 12.1 Å². The van der Waals surface area contributed by atoms with Crippen LogP contribution in [0.4, 0.5) is 13.2 Å². The summed E-state index contributed by atoms with van der Waals surface area (Å²) in [6, 6.07) is 4.57. The Morgan fingerprint density at radius 3 is 2.30 bits per heavy atom. The summed E-state index contributed by atoms with van der Waals surface area (Å²) in [7, 11) is -2.16. The number of aldehydes is 1. The Labute approximate surface area is 135 Å². The van der Waals surface area contributed by atoms with E-state index in [0.29, 0.717) is 6.29 Å². The van der Waals surface area contributed by atoms with Crippen molar-refractivity contribution < 1.29 is 27.1 Å². The summed E-state index contributed by atoms with van der Waals surface area (Å²) < 4.78 is 49.2. The third-order valence-electron chi connectivity index (χ3n) is 3.98. The molecule has 1 aromatic carbocycles. The van der Waals surface area contributed by atoms with E-state index in [1.54, 1.807) is 0 Å². The van der Waals surface area contributed by atoms with Crippen LogP contribution in [0.5, 0.6) is 5.75 Å². The molecule has 23 heavy (non-hydrogen) atoms. The van der Waals surface area contributed by atoms with Gasteiger partial charge in [-0.3, -0.25) is 0 Å². The fourth-order valence-corrected chi connectivity index (χ4v) is 2.83. The van der Waals surface area contributed by atoms with Crippen molar-refractivity contribution in [3.63, 3.8) is 0 Å². The minimum atomic E-state index is -4.43. The zero-order chi connectivity index (χ0) is 17.9. The summed E-state index contributed by atoms with van der Waals surface area (Å²) >= 11 is 0. The normalized spacial score (nSPS) is 14.4. The van der Waals surface area contributed by atoms with Crippen molar-refractivity contribution in [2.45, 2.75) is 51.2 Å². The lowest BCUT2D eigenvalue weighted by atomic mass is 10.2. The highest BCUT2D eigenvalue weighted by Crippen LogP contribution is 2.37. The van der Waals surface area contributed by atoms with Gasteiger partial charge in [-0.1, -0.05) is 26.8 Å². The summed E-state index contributed by atoms with van der Waals surface area (Å²) in [4.78, 5) is 11.2. The van der Waals surface area contributed by atoms with Crippen LogP contribution < -0.4 is 4.74 Å². The van der Waals surface area contributed by atoms with Crippen molar-refractivity contribution in [3.8, 4) is 5.75 Å². The molecule has 0 saturated carbocycles. The Kier molecular flexibility index (Phi) is 6.04. The zero-order valence-electron chi connectivity index (χ0n) is 14.0.